The highest BCUT2D eigenvalue weighted by Crippen LogP contribution is 2.25. The minimum Gasteiger partial charge on any atom is -0.493 e. The number of para-hydroxylation sites is 1. The number of ether oxygens (including phenoxy) is 2. The molecule has 1 heterocycles. The Labute approximate surface area is 173 Å². The van der Waals surface area contributed by atoms with Crippen LogP contribution in [0.15, 0.2) is 85.1 Å². The maximum Gasteiger partial charge on any atom is 0.368 e. The van der Waals surface area contributed by atoms with Crippen LogP contribution < -0.4 is 9.47 Å². The van der Waals surface area contributed by atoms with Gasteiger partial charge in [0.15, 0.2) is 5.75 Å². The van der Waals surface area contributed by atoms with Gasteiger partial charge in [-0.05, 0) is 47.5 Å². The van der Waals surface area contributed by atoms with Gasteiger partial charge in [0, 0.05) is 0 Å². The lowest BCUT2D eigenvalue weighted by molar-refractivity contribution is 0.0724. The predicted molar refractivity (Wildman–Crippen MR) is 112 cm³/mol. The van der Waals surface area contributed by atoms with Crippen molar-refractivity contribution in [2.45, 2.75) is 0 Å². The first-order valence-electron chi connectivity index (χ1n) is 9.20. The number of nitriles is 1. The lowest BCUT2D eigenvalue weighted by Crippen LogP contribution is -2.11. The first-order valence-corrected chi connectivity index (χ1v) is 9.20. The molecule has 6 heteroatoms. The second-order valence-corrected chi connectivity index (χ2v) is 6.43. The van der Waals surface area contributed by atoms with Crippen molar-refractivity contribution in [2.24, 2.45) is 0 Å². The molecule has 3 aromatic carbocycles. The van der Waals surface area contributed by atoms with Crippen LogP contribution in [0.25, 0.3) is 16.8 Å². The van der Waals surface area contributed by atoms with Crippen LogP contribution in [-0.4, -0.2) is 22.9 Å². The lowest BCUT2D eigenvalue weighted by atomic mass is 10.0. The van der Waals surface area contributed by atoms with Crippen molar-refractivity contribution in [1.29, 1.82) is 5.26 Å². The number of carbonyl (C=O) groups excluding carboxylic acids is 1. The molecule has 0 saturated carbocycles. The number of nitrogens with zero attached hydrogens (tertiary/aromatic N) is 3. The summed E-state index contributed by atoms with van der Waals surface area (Å²) in [5, 5.41) is 13.2. The molecule has 0 atom stereocenters. The Bertz CT molecular complexity index is 1210. The minimum atomic E-state index is -0.604. The third-order valence-corrected chi connectivity index (χ3v) is 4.53. The molecular weight excluding hydrogens is 378 g/mol. The minimum absolute atomic E-state index is 0.0949. The summed E-state index contributed by atoms with van der Waals surface area (Å²) in [5.74, 6) is 0.124. The van der Waals surface area contributed by atoms with E-state index >= 15 is 0 Å². The molecule has 146 valence electrons. The molecule has 6 nitrogen and oxygen atoms in total. The van der Waals surface area contributed by atoms with Crippen molar-refractivity contribution < 1.29 is 14.3 Å². The number of hydrogen-bond acceptors (Lipinski definition) is 5. The predicted octanol–water partition coefficient (Wildman–Crippen LogP) is 4.64. The Balaban J connectivity index is 1.52. The molecule has 4 rings (SSSR count). The highest BCUT2D eigenvalue weighted by Gasteiger charge is 2.20. The monoisotopic (exact) mass is 395 g/mol. The van der Waals surface area contributed by atoms with Crippen molar-refractivity contribution in [2.75, 3.05) is 7.11 Å². The van der Waals surface area contributed by atoms with Crippen LogP contribution >= 0.6 is 0 Å². The van der Waals surface area contributed by atoms with Crippen molar-refractivity contribution in [1.82, 2.24) is 9.78 Å². The van der Waals surface area contributed by atoms with E-state index in [1.165, 1.54) is 7.11 Å². The van der Waals surface area contributed by atoms with E-state index in [9.17, 15) is 4.79 Å². The van der Waals surface area contributed by atoms with Crippen LogP contribution in [0.2, 0.25) is 0 Å². The van der Waals surface area contributed by atoms with Gasteiger partial charge >= 0.3 is 5.97 Å². The van der Waals surface area contributed by atoms with Gasteiger partial charge in [-0.1, -0.05) is 42.5 Å². The molecule has 0 amide bonds. The Morgan fingerprint density at radius 2 is 1.57 bits per heavy atom. The third kappa shape index (κ3) is 3.91. The first kappa shape index (κ1) is 19.0. The fourth-order valence-corrected chi connectivity index (χ4v) is 2.97. The molecule has 0 N–H and O–H groups in total. The maximum atomic E-state index is 12.7. The molecule has 4 aromatic rings. The maximum absolute atomic E-state index is 12.7. The SMILES string of the molecule is COc1cn(-c2ccccc2)nc1C(=O)Oc1ccc(-c2ccc(C#N)cc2)cc1. The molecule has 0 unspecified atom stereocenters. The van der Waals surface area contributed by atoms with E-state index in [1.807, 2.05) is 54.6 Å². The Hall–Kier alpha value is -4.37. The summed E-state index contributed by atoms with van der Waals surface area (Å²) in [4.78, 5) is 12.7. The molecule has 0 bridgehead atoms. The van der Waals surface area contributed by atoms with Gasteiger partial charge in [-0.2, -0.15) is 10.4 Å². The zero-order chi connectivity index (χ0) is 20.9. The standard InChI is InChI=1S/C24H17N3O3/c1-29-22-16-27(20-5-3-2-4-6-20)26-23(22)24(28)30-21-13-11-19(12-14-21)18-9-7-17(15-25)8-10-18/h2-14,16H,1H3. The molecular formula is C24H17N3O3. The molecule has 0 aliphatic rings. The lowest BCUT2D eigenvalue weighted by Gasteiger charge is -2.06. The van der Waals surface area contributed by atoms with Crippen molar-refractivity contribution >= 4 is 5.97 Å². The van der Waals surface area contributed by atoms with E-state index in [4.69, 9.17) is 14.7 Å². The third-order valence-electron chi connectivity index (χ3n) is 4.53. The van der Waals surface area contributed by atoms with E-state index in [0.29, 0.717) is 17.1 Å². The summed E-state index contributed by atoms with van der Waals surface area (Å²) in [6.07, 6.45) is 1.64. The number of benzene rings is 3. The van der Waals surface area contributed by atoms with Crippen LogP contribution in [0.4, 0.5) is 0 Å². The summed E-state index contributed by atoms with van der Waals surface area (Å²) in [7, 11) is 1.48. The number of esters is 1. The number of aromatic nitrogens is 2. The van der Waals surface area contributed by atoms with Crippen LogP contribution in [0, 0.1) is 11.3 Å². The van der Waals surface area contributed by atoms with E-state index in [0.717, 1.165) is 16.8 Å². The molecule has 0 spiro atoms. The molecule has 0 aliphatic carbocycles. The Morgan fingerprint density at radius 3 is 2.17 bits per heavy atom. The average molecular weight is 395 g/mol. The highest BCUT2D eigenvalue weighted by molar-refractivity contribution is 5.92. The van der Waals surface area contributed by atoms with Crippen molar-refractivity contribution in [3.8, 4) is 34.4 Å². The molecule has 0 radical (unpaired) electrons. The second kappa shape index (κ2) is 8.33. The Kier molecular flexibility index (Phi) is 5.27. The summed E-state index contributed by atoms with van der Waals surface area (Å²) < 4.78 is 12.3. The van der Waals surface area contributed by atoms with Crippen LogP contribution in [0.1, 0.15) is 16.1 Å². The first-order chi connectivity index (χ1) is 14.7. The van der Waals surface area contributed by atoms with Crippen molar-refractivity contribution in [3.05, 3.63) is 96.3 Å². The van der Waals surface area contributed by atoms with E-state index < -0.39 is 5.97 Å². The van der Waals surface area contributed by atoms with Gasteiger partial charge in [-0.3, -0.25) is 0 Å². The topological polar surface area (TPSA) is 77.1 Å². The van der Waals surface area contributed by atoms with Gasteiger partial charge in [-0.15, -0.1) is 0 Å². The van der Waals surface area contributed by atoms with Gasteiger partial charge in [0.25, 0.3) is 0 Å². The largest absolute Gasteiger partial charge is 0.493 e. The molecule has 0 saturated heterocycles. The average Bonchev–Trinajstić information content (AvgIpc) is 3.25. The fraction of sp³-hybridized carbons (Fsp3) is 0.0417. The van der Waals surface area contributed by atoms with Crippen LogP contribution in [0.3, 0.4) is 0 Å². The van der Waals surface area contributed by atoms with E-state index in [2.05, 4.69) is 11.2 Å². The van der Waals surface area contributed by atoms with E-state index in [-0.39, 0.29) is 5.69 Å². The molecule has 30 heavy (non-hydrogen) atoms. The zero-order valence-corrected chi connectivity index (χ0v) is 16.1. The molecule has 0 fully saturated rings. The van der Waals surface area contributed by atoms with Gasteiger partial charge < -0.3 is 9.47 Å². The molecule has 0 aliphatic heterocycles. The summed E-state index contributed by atoms with van der Waals surface area (Å²) >= 11 is 0. The summed E-state index contributed by atoms with van der Waals surface area (Å²) in [6, 6.07) is 25.9. The number of methoxy groups -OCH3 is 1. The Morgan fingerprint density at radius 1 is 0.933 bits per heavy atom. The smallest absolute Gasteiger partial charge is 0.368 e. The van der Waals surface area contributed by atoms with Gasteiger partial charge in [0.05, 0.1) is 30.6 Å². The molecule has 1 aromatic heterocycles. The van der Waals surface area contributed by atoms with Gasteiger partial charge in [-0.25, -0.2) is 9.48 Å². The van der Waals surface area contributed by atoms with Gasteiger partial charge in [0.1, 0.15) is 5.75 Å². The summed E-state index contributed by atoms with van der Waals surface area (Å²) in [6.45, 7) is 0. The van der Waals surface area contributed by atoms with E-state index in [1.54, 1.807) is 35.1 Å². The van der Waals surface area contributed by atoms with Crippen molar-refractivity contribution in [3.63, 3.8) is 0 Å². The fourth-order valence-electron chi connectivity index (χ4n) is 2.97. The number of carbonyl (C=O) groups is 1. The van der Waals surface area contributed by atoms with Crippen LogP contribution in [0.5, 0.6) is 11.5 Å². The highest BCUT2D eigenvalue weighted by atomic mass is 16.5. The quantitative estimate of drug-likeness (QED) is 0.363. The summed E-state index contributed by atoms with van der Waals surface area (Å²) in [5.41, 5.74) is 3.42. The number of hydrogen-bond donors (Lipinski definition) is 0. The number of rotatable bonds is 5. The zero-order valence-electron chi connectivity index (χ0n) is 16.1. The normalized spacial score (nSPS) is 10.3. The van der Waals surface area contributed by atoms with Gasteiger partial charge in [0.2, 0.25) is 5.69 Å². The van der Waals surface area contributed by atoms with Crippen LogP contribution in [-0.2, 0) is 0 Å². The second-order valence-electron chi connectivity index (χ2n) is 6.43.